The van der Waals surface area contributed by atoms with Gasteiger partial charge in [0.2, 0.25) is 0 Å². The molecule has 1 amide bonds. The maximum Gasteiger partial charge on any atom is 0.328 e. The lowest BCUT2D eigenvalue weighted by molar-refractivity contribution is -0.147. The van der Waals surface area contributed by atoms with Crippen molar-refractivity contribution in [2.45, 2.75) is 65.5 Å². The fraction of sp³-hybridized carbons (Fsp3) is 0.722. The van der Waals surface area contributed by atoms with E-state index in [9.17, 15) is 9.59 Å². The minimum Gasteiger partial charge on any atom is -0.464 e. The number of ether oxygens (including phenoxy) is 1. The standard InChI is InChI=1S/C18H29N3O3/c1-5-24-18(23)16(14-8-6-13(4)7-9-14)20-17(22)15-10-11-19-21(15)12(2)3/h10-14,16H,5-9H2,1-4H3,(H,20,22)/t13-,14-,16-/m0/s1. The van der Waals surface area contributed by atoms with Gasteiger partial charge in [-0.1, -0.05) is 19.8 Å². The summed E-state index contributed by atoms with van der Waals surface area (Å²) in [4.78, 5) is 25.1. The number of aromatic nitrogens is 2. The van der Waals surface area contributed by atoms with Crippen LogP contribution in [0.4, 0.5) is 0 Å². The molecule has 1 fully saturated rings. The van der Waals surface area contributed by atoms with Gasteiger partial charge in [0.1, 0.15) is 11.7 Å². The molecule has 0 saturated heterocycles. The summed E-state index contributed by atoms with van der Waals surface area (Å²) in [5, 5.41) is 7.10. The van der Waals surface area contributed by atoms with Crippen LogP contribution in [0.5, 0.6) is 0 Å². The molecule has 0 bridgehead atoms. The number of carbonyl (C=O) groups excluding carboxylic acids is 2. The quantitative estimate of drug-likeness (QED) is 0.811. The summed E-state index contributed by atoms with van der Waals surface area (Å²) < 4.78 is 6.87. The van der Waals surface area contributed by atoms with E-state index in [-0.39, 0.29) is 23.8 Å². The minimum atomic E-state index is -0.583. The van der Waals surface area contributed by atoms with E-state index in [1.54, 1.807) is 23.9 Å². The highest BCUT2D eigenvalue weighted by Gasteiger charge is 2.34. The first-order valence-electron chi connectivity index (χ1n) is 8.95. The molecule has 6 heteroatoms. The summed E-state index contributed by atoms with van der Waals surface area (Å²) in [6.45, 7) is 8.27. The maximum absolute atomic E-state index is 12.7. The van der Waals surface area contributed by atoms with Crippen molar-refractivity contribution >= 4 is 11.9 Å². The Hall–Kier alpha value is -1.85. The second-order valence-electron chi connectivity index (χ2n) is 6.98. The summed E-state index contributed by atoms with van der Waals surface area (Å²) in [7, 11) is 0. The molecule has 134 valence electrons. The number of carbonyl (C=O) groups is 2. The third kappa shape index (κ3) is 4.36. The third-order valence-corrected chi connectivity index (χ3v) is 4.75. The summed E-state index contributed by atoms with van der Waals surface area (Å²) in [5.41, 5.74) is 0.475. The van der Waals surface area contributed by atoms with Gasteiger partial charge >= 0.3 is 5.97 Å². The van der Waals surface area contributed by atoms with Crippen molar-refractivity contribution in [3.63, 3.8) is 0 Å². The number of esters is 1. The first-order chi connectivity index (χ1) is 11.4. The van der Waals surface area contributed by atoms with Crippen LogP contribution < -0.4 is 5.32 Å². The summed E-state index contributed by atoms with van der Waals surface area (Å²) in [5.74, 6) is 0.223. The van der Waals surface area contributed by atoms with E-state index in [1.165, 1.54) is 0 Å². The van der Waals surface area contributed by atoms with Crippen molar-refractivity contribution in [2.24, 2.45) is 11.8 Å². The Bertz CT molecular complexity index is 560. The summed E-state index contributed by atoms with van der Waals surface area (Å²) in [6, 6.07) is 1.18. The van der Waals surface area contributed by atoms with Gasteiger partial charge in [-0.3, -0.25) is 9.48 Å². The van der Waals surface area contributed by atoms with Crippen molar-refractivity contribution in [1.29, 1.82) is 0 Å². The van der Waals surface area contributed by atoms with Gasteiger partial charge in [0.25, 0.3) is 5.91 Å². The molecule has 1 aliphatic carbocycles. The van der Waals surface area contributed by atoms with E-state index in [1.807, 2.05) is 13.8 Å². The molecule has 1 saturated carbocycles. The van der Waals surface area contributed by atoms with Gasteiger partial charge in [-0.15, -0.1) is 0 Å². The zero-order valence-corrected chi connectivity index (χ0v) is 15.1. The van der Waals surface area contributed by atoms with Crippen LogP contribution in [0.2, 0.25) is 0 Å². The Morgan fingerprint density at radius 2 is 2.00 bits per heavy atom. The average Bonchev–Trinajstić information content (AvgIpc) is 3.03. The van der Waals surface area contributed by atoms with Gasteiger partial charge in [-0.25, -0.2) is 4.79 Å². The average molecular weight is 335 g/mol. The van der Waals surface area contributed by atoms with Gasteiger partial charge in [0.05, 0.1) is 6.61 Å². The lowest BCUT2D eigenvalue weighted by Gasteiger charge is -2.31. The number of hydrogen-bond acceptors (Lipinski definition) is 4. The van der Waals surface area contributed by atoms with E-state index >= 15 is 0 Å². The smallest absolute Gasteiger partial charge is 0.328 e. The predicted molar refractivity (Wildman–Crippen MR) is 91.6 cm³/mol. The molecule has 0 aliphatic heterocycles. The number of rotatable bonds is 6. The normalized spacial score (nSPS) is 22.2. The lowest BCUT2D eigenvalue weighted by atomic mass is 9.79. The number of nitrogens with one attached hydrogen (secondary N) is 1. The van der Waals surface area contributed by atoms with Crippen LogP contribution in [0.3, 0.4) is 0 Å². The highest BCUT2D eigenvalue weighted by Crippen LogP contribution is 2.31. The van der Waals surface area contributed by atoms with E-state index in [0.717, 1.165) is 25.7 Å². The van der Waals surface area contributed by atoms with Crippen LogP contribution in [0.15, 0.2) is 12.3 Å². The van der Waals surface area contributed by atoms with Crippen molar-refractivity contribution in [3.05, 3.63) is 18.0 Å². The molecule has 1 heterocycles. The van der Waals surface area contributed by atoms with Crippen LogP contribution in [-0.4, -0.2) is 34.3 Å². The molecule has 0 radical (unpaired) electrons. The van der Waals surface area contributed by atoms with Crippen LogP contribution in [0.1, 0.15) is 69.9 Å². The van der Waals surface area contributed by atoms with E-state index < -0.39 is 6.04 Å². The van der Waals surface area contributed by atoms with E-state index in [0.29, 0.717) is 18.2 Å². The molecule has 1 aliphatic rings. The monoisotopic (exact) mass is 335 g/mol. The molecule has 1 aromatic rings. The van der Waals surface area contributed by atoms with Crippen molar-refractivity contribution in [2.75, 3.05) is 6.61 Å². The summed E-state index contributed by atoms with van der Waals surface area (Å²) >= 11 is 0. The molecule has 0 unspecified atom stereocenters. The third-order valence-electron chi connectivity index (χ3n) is 4.75. The molecule has 0 spiro atoms. The zero-order chi connectivity index (χ0) is 17.7. The molecule has 0 aromatic carbocycles. The van der Waals surface area contributed by atoms with Gasteiger partial charge in [0, 0.05) is 12.2 Å². The zero-order valence-electron chi connectivity index (χ0n) is 15.1. The Balaban J connectivity index is 2.13. The van der Waals surface area contributed by atoms with Crippen molar-refractivity contribution in [1.82, 2.24) is 15.1 Å². The van der Waals surface area contributed by atoms with Gasteiger partial charge in [-0.05, 0) is 51.5 Å². The molecule has 1 N–H and O–H groups in total. The minimum absolute atomic E-state index is 0.0809. The van der Waals surface area contributed by atoms with Gasteiger partial charge < -0.3 is 10.1 Å². The molecule has 1 aromatic heterocycles. The van der Waals surface area contributed by atoms with Crippen LogP contribution in [-0.2, 0) is 9.53 Å². The fourth-order valence-electron chi connectivity index (χ4n) is 3.34. The number of nitrogens with zero attached hydrogens (tertiary/aromatic N) is 2. The molecule has 6 nitrogen and oxygen atoms in total. The second kappa shape index (κ2) is 8.31. The van der Waals surface area contributed by atoms with Crippen LogP contribution >= 0.6 is 0 Å². The Kier molecular flexibility index (Phi) is 6.40. The number of hydrogen-bond donors (Lipinski definition) is 1. The topological polar surface area (TPSA) is 73.2 Å². The highest BCUT2D eigenvalue weighted by atomic mass is 16.5. The predicted octanol–water partition coefficient (Wildman–Crippen LogP) is 2.95. The largest absolute Gasteiger partial charge is 0.464 e. The molecular formula is C18H29N3O3. The van der Waals surface area contributed by atoms with Crippen LogP contribution in [0.25, 0.3) is 0 Å². The first-order valence-corrected chi connectivity index (χ1v) is 8.95. The first kappa shape index (κ1) is 18.5. The van der Waals surface area contributed by atoms with E-state index in [4.69, 9.17) is 4.74 Å². The SMILES string of the molecule is CCOC(=O)[C@@H](NC(=O)c1ccnn1C(C)C)[C@H]1CC[C@H](C)CC1. The molecule has 24 heavy (non-hydrogen) atoms. The van der Waals surface area contributed by atoms with Crippen molar-refractivity contribution in [3.8, 4) is 0 Å². The summed E-state index contributed by atoms with van der Waals surface area (Å²) in [6.07, 6.45) is 5.65. The molecular weight excluding hydrogens is 306 g/mol. The second-order valence-corrected chi connectivity index (χ2v) is 6.98. The Labute approximate surface area is 143 Å². The maximum atomic E-state index is 12.7. The van der Waals surface area contributed by atoms with Gasteiger partial charge in [0.15, 0.2) is 0 Å². The highest BCUT2D eigenvalue weighted by molar-refractivity contribution is 5.95. The van der Waals surface area contributed by atoms with E-state index in [2.05, 4.69) is 17.3 Å². The molecule has 2 rings (SSSR count). The van der Waals surface area contributed by atoms with Crippen LogP contribution in [0, 0.1) is 11.8 Å². The molecule has 1 atom stereocenters. The van der Waals surface area contributed by atoms with Gasteiger partial charge in [-0.2, -0.15) is 5.10 Å². The Morgan fingerprint density at radius 3 is 2.58 bits per heavy atom. The number of amides is 1. The van der Waals surface area contributed by atoms with Crippen molar-refractivity contribution < 1.29 is 14.3 Å². The lowest BCUT2D eigenvalue weighted by Crippen LogP contribution is -2.48. The fourth-order valence-corrected chi connectivity index (χ4v) is 3.34. The Morgan fingerprint density at radius 1 is 1.33 bits per heavy atom.